The van der Waals surface area contributed by atoms with Crippen LogP contribution in [0, 0.1) is 18.8 Å². The SMILES string of the molecule is Cc1cc(F)c(-n2nc(C(F)(F)F)nc2N)cc1-c1cc[c]cc1.OS. The molecule has 1 heterocycles. The summed E-state index contributed by atoms with van der Waals surface area (Å²) in [5.41, 5.74) is 7.31. The van der Waals surface area contributed by atoms with Crippen LogP contribution in [0.1, 0.15) is 11.4 Å². The van der Waals surface area contributed by atoms with Gasteiger partial charge in [0.15, 0.2) is 0 Å². The maximum absolute atomic E-state index is 14.3. The molecule has 0 atom stereocenters. The van der Waals surface area contributed by atoms with Crippen LogP contribution in [-0.4, -0.2) is 19.3 Å². The van der Waals surface area contributed by atoms with Gasteiger partial charge in [-0.25, -0.2) is 4.39 Å². The van der Waals surface area contributed by atoms with Gasteiger partial charge >= 0.3 is 6.18 Å². The largest absolute Gasteiger partial charge is 0.453 e. The molecule has 0 unspecified atom stereocenters. The van der Waals surface area contributed by atoms with Crippen LogP contribution in [0.5, 0.6) is 0 Å². The minimum atomic E-state index is -4.77. The molecule has 0 fully saturated rings. The first kappa shape index (κ1) is 19.7. The molecule has 3 N–H and O–H groups in total. The van der Waals surface area contributed by atoms with E-state index in [1.165, 1.54) is 12.1 Å². The van der Waals surface area contributed by atoms with Crippen LogP contribution in [0.15, 0.2) is 36.4 Å². The lowest BCUT2D eigenvalue weighted by molar-refractivity contribution is -0.144. The number of nitrogen functional groups attached to an aromatic ring is 1. The predicted molar refractivity (Wildman–Crippen MR) is 91.4 cm³/mol. The Kier molecular flexibility index (Phi) is 5.88. The van der Waals surface area contributed by atoms with Gasteiger partial charge in [0.1, 0.15) is 11.5 Å². The summed E-state index contributed by atoms with van der Waals surface area (Å²) in [5, 5.41) is 3.29. The van der Waals surface area contributed by atoms with Crippen molar-refractivity contribution in [2.24, 2.45) is 0 Å². The number of hydrogen-bond donors (Lipinski definition) is 3. The smallest absolute Gasteiger partial charge is 0.368 e. The van der Waals surface area contributed by atoms with Crippen LogP contribution in [0.2, 0.25) is 0 Å². The average molecular weight is 385 g/mol. The summed E-state index contributed by atoms with van der Waals surface area (Å²) in [6, 6.07) is 12.4. The molecule has 2 aromatic carbocycles. The van der Waals surface area contributed by atoms with Crippen molar-refractivity contribution < 1.29 is 22.1 Å². The number of nitrogens with two attached hydrogens (primary N) is 1. The molecule has 10 heteroatoms. The summed E-state index contributed by atoms with van der Waals surface area (Å²) in [4.78, 5) is 3.16. The number of alkyl halides is 3. The summed E-state index contributed by atoms with van der Waals surface area (Å²) in [6.45, 7) is 1.70. The first-order valence-electron chi connectivity index (χ1n) is 7.04. The van der Waals surface area contributed by atoms with Gasteiger partial charge in [-0.2, -0.15) is 22.8 Å². The Bertz CT molecular complexity index is 897. The van der Waals surface area contributed by atoms with Crippen LogP contribution >= 0.6 is 12.9 Å². The molecule has 0 saturated heterocycles. The fourth-order valence-electron chi connectivity index (χ4n) is 2.32. The van der Waals surface area contributed by atoms with Gasteiger partial charge in [-0.1, -0.05) is 24.3 Å². The number of aromatic nitrogens is 3. The van der Waals surface area contributed by atoms with Crippen LogP contribution < -0.4 is 5.73 Å². The highest BCUT2D eigenvalue weighted by atomic mass is 32.1. The summed E-state index contributed by atoms with van der Waals surface area (Å²) in [5.74, 6) is -2.71. The van der Waals surface area contributed by atoms with Crippen molar-refractivity contribution in [1.82, 2.24) is 14.8 Å². The predicted octanol–water partition coefficient (Wildman–Crippen LogP) is 4.17. The Morgan fingerprint density at radius 1 is 1.19 bits per heavy atom. The fourth-order valence-corrected chi connectivity index (χ4v) is 2.32. The Hall–Kier alpha value is -2.59. The Morgan fingerprint density at radius 3 is 2.35 bits per heavy atom. The molecule has 0 bridgehead atoms. The molecule has 0 amide bonds. The standard InChI is InChI=1S/C16H11F4N4.H2OS/c1-9-7-12(17)13(8-11(9)10-5-3-2-4-6-10)24-15(21)22-14(23-24)16(18,19)20;1-2/h3-8H,1H3,(H2,21,22,23);1-2H. The minimum Gasteiger partial charge on any atom is -0.368 e. The molecule has 1 aromatic heterocycles. The third-order valence-corrected chi connectivity index (χ3v) is 3.44. The highest BCUT2D eigenvalue weighted by molar-refractivity contribution is 7.74. The third kappa shape index (κ3) is 3.97. The molecule has 3 rings (SSSR count). The summed E-state index contributed by atoms with van der Waals surface area (Å²) in [6.07, 6.45) is -4.77. The van der Waals surface area contributed by atoms with Crippen molar-refractivity contribution in [3.8, 4) is 16.8 Å². The lowest BCUT2D eigenvalue weighted by Gasteiger charge is -2.11. The molecule has 26 heavy (non-hydrogen) atoms. The monoisotopic (exact) mass is 385 g/mol. The molecular weight excluding hydrogens is 372 g/mol. The van der Waals surface area contributed by atoms with Gasteiger partial charge in [-0.05, 0) is 54.7 Å². The lowest BCUT2D eigenvalue weighted by atomic mass is 9.99. The second-order valence-corrected chi connectivity index (χ2v) is 5.11. The van der Waals surface area contributed by atoms with Crippen molar-refractivity contribution in [3.63, 3.8) is 0 Å². The molecule has 3 aromatic rings. The van der Waals surface area contributed by atoms with Gasteiger partial charge < -0.3 is 10.3 Å². The fraction of sp³-hybridized carbons (Fsp3) is 0.125. The van der Waals surface area contributed by atoms with E-state index in [0.717, 1.165) is 5.56 Å². The molecule has 5 nitrogen and oxygen atoms in total. The maximum atomic E-state index is 14.3. The molecule has 0 saturated carbocycles. The summed E-state index contributed by atoms with van der Waals surface area (Å²) in [7, 11) is 0. The zero-order chi connectivity index (χ0) is 19.5. The van der Waals surface area contributed by atoms with Gasteiger partial charge in [0, 0.05) is 0 Å². The topological polar surface area (TPSA) is 77.0 Å². The highest BCUT2D eigenvalue weighted by Crippen LogP contribution is 2.31. The number of halogens is 4. The normalized spacial score (nSPS) is 11.0. The first-order valence-corrected chi connectivity index (χ1v) is 7.44. The van der Waals surface area contributed by atoms with Crippen molar-refractivity contribution in [2.75, 3.05) is 5.73 Å². The molecular formula is C16H13F4N4OS. The Morgan fingerprint density at radius 2 is 1.81 bits per heavy atom. The van der Waals surface area contributed by atoms with Gasteiger partial charge in [0.25, 0.3) is 5.82 Å². The van der Waals surface area contributed by atoms with Crippen molar-refractivity contribution in [3.05, 3.63) is 59.7 Å². The molecule has 0 aliphatic heterocycles. The van der Waals surface area contributed by atoms with Crippen molar-refractivity contribution in [1.29, 1.82) is 0 Å². The van der Waals surface area contributed by atoms with E-state index in [1.54, 1.807) is 31.2 Å². The average Bonchev–Trinajstić information content (AvgIpc) is 3.00. The van der Waals surface area contributed by atoms with Crippen molar-refractivity contribution in [2.45, 2.75) is 13.1 Å². The van der Waals surface area contributed by atoms with E-state index in [1.807, 2.05) is 0 Å². The van der Waals surface area contributed by atoms with E-state index in [4.69, 9.17) is 10.3 Å². The van der Waals surface area contributed by atoms with E-state index in [0.29, 0.717) is 15.8 Å². The van der Waals surface area contributed by atoms with Crippen LogP contribution in [0.25, 0.3) is 16.8 Å². The first-order chi connectivity index (χ1) is 12.3. The van der Waals surface area contributed by atoms with Crippen LogP contribution in [0.3, 0.4) is 0 Å². The zero-order valence-corrected chi connectivity index (χ0v) is 14.2. The molecule has 1 radical (unpaired) electrons. The third-order valence-electron chi connectivity index (χ3n) is 3.44. The maximum Gasteiger partial charge on any atom is 0.453 e. The number of thiol groups is 1. The molecule has 0 aliphatic rings. The zero-order valence-electron chi connectivity index (χ0n) is 13.3. The molecule has 0 aliphatic carbocycles. The van der Waals surface area contributed by atoms with E-state index in [-0.39, 0.29) is 5.69 Å². The number of nitrogens with zero attached hydrogens (tertiary/aromatic N) is 3. The van der Waals surface area contributed by atoms with E-state index in [9.17, 15) is 17.6 Å². The van der Waals surface area contributed by atoms with E-state index < -0.39 is 23.8 Å². The number of rotatable bonds is 2. The van der Waals surface area contributed by atoms with E-state index >= 15 is 0 Å². The van der Waals surface area contributed by atoms with Crippen molar-refractivity contribution >= 4 is 18.9 Å². The van der Waals surface area contributed by atoms with E-state index in [2.05, 4.69) is 29.1 Å². The Labute approximate surface area is 151 Å². The minimum absolute atomic E-state index is 0.205. The van der Waals surface area contributed by atoms with Gasteiger partial charge in [0.2, 0.25) is 5.95 Å². The second kappa shape index (κ2) is 7.75. The van der Waals surface area contributed by atoms with Crippen LogP contribution in [-0.2, 0) is 6.18 Å². The number of hydrogen-bond acceptors (Lipinski definition) is 5. The summed E-state index contributed by atoms with van der Waals surface area (Å²) < 4.78 is 59.8. The summed E-state index contributed by atoms with van der Waals surface area (Å²) >= 11 is 2.53. The number of anilines is 1. The highest BCUT2D eigenvalue weighted by Gasteiger charge is 2.37. The van der Waals surface area contributed by atoms with Gasteiger partial charge in [-0.3, -0.25) is 0 Å². The van der Waals surface area contributed by atoms with Gasteiger partial charge in [-0.15, -0.1) is 5.10 Å². The Balaban J connectivity index is 0.00000117. The number of benzene rings is 2. The second-order valence-electron chi connectivity index (χ2n) is 5.11. The van der Waals surface area contributed by atoms with Gasteiger partial charge in [0.05, 0.1) is 0 Å². The quantitative estimate of drug-likeness (QED) is 0.352. The van der Waals surface area contributed by atoms with Crippen LogP contribution in [0.4, 0.5) is 23.5 Å². The molecule has 0 spiro atoms. The molecule has 137 valence electrons. The number of aryl methyl sites for hydroxylation is 1. The lowest BCUT2D eigenvalue weighted by Crippen LogP contribution is -2.09.